The number of carbonyl (C=O) groups excluding carboxylic acids is 1. The van der Waals surface area contributed by atoms with Crippen molar-refractivity contribution in [3.8, 4) is 0 Å². The van der Waals surface area contributed by atoms with Gasteiger partial charge >= 0.3 is 0 Å². The molecule has 1 amide bonds. The molecule has 3 N–H and O–H groups in total. The number of thiocarbonyl (C=S) groups is 1. The number of amides is 1. The fraction of sp³-hybridized carbons (Fsp3) is 0.818. The van der Waals surface area contributed by atoms with E-state index >= 15 is 0 Å². The van der Waals surface area contributed by atoms with Crippen LogP contribution in [0.1, 0.15) is 32.1 Å². The summed E-state index contributed by atoms with van der Waals surface area (Å²) in [7, 11) is 1.66. The molecule has 0 unspecified atom stereocenters. The summed E-state index contributed by atoms with van der Waals surface area (Å²) in [6, 6.07) is 0.561. The van der Waals surface area contributed by atoms with Crippen LogP contribution in [0, 0.1) is 0 Å². The van der Waals surface area contributed by atoms with Crippen molar-refractivity contribution in [3.63, 3.8) is 0 Å². The monoisotopic (exact) mass is 243 g/mol. The van der Waals surface area contributed by atoms with Crippen LogP contribution in [-0.2, 0) is 4.79 Å². The first kappa shape index (κ1) is 13.4. The first-order valence-corrected chi connectivity index (χ1v) is 6.27. The van der Waals surface area contributed by atoms with E-state index in [0.717, 1.165) is 6.54 Å². The SMILES string of the molecule is CNC(=O)CCN(CC(N)=S)C1CCCC1. The molecule has 1 aliphatic rings. The van der Waals surface area contributed by atoms with Crippen molar-refractivity contribution in [1.29, 1.82) is 0 Å². The lowest BCUT2D eigenvalue weighted by molar-refractivity contribution is -0.121. The molecule has 1 aliphatic carbocycles. The van der Waals surface area contributed by atoms with Crippen LogP contribution in [0.2, 0.25) is 0 Å². The Hall–Kier alpha value is -0.680. The summed E-state index contributed by atoms with van der Waals surface area (Å²) in [6.45, 7) is 1.39. The molecular formula is C11H21N3OS. The number of carbonyl (C=O) groups is 1. The summed E-state index contributed by atoms with van der Waals surface area (Å²) in [5.41, 5.74) is 5.59. The molecule has 0 bridgehead atoms. The van der Waals surface area contributed by atoms with Gasteiger partial charge in [-0.15, -0.1) is 0 Å². The number of rotatable bonds is 6. The summed E-state index contributed by atoms with van der Waals surface area (Å²) in [6.07, 6.45) is 5.49. The molecule has 0 saturated heterocycles. The molecular weight excluding hydrogens is 222 g/mol. The van der Waals surface area contributed by atoms with E-state index in [1.807, 2.05) is 0 Å². The highest BCUT2D eigenvalue weighted by Crippen LogP contribution is 2.23. The summed E-state index contributed by atoms with van der Waals surface area (Å²) in [4.78, 5) is 14.0. The molecule has 0 aliphatic heterocycles. The number of nitrogens with zero attached hydrogens (tertiary/aromatic N) is 1. The molecule has 0 heterocycles. The number of nitrogens with one attached hydrogen (secondary N) is 1. The molecule has 4 nitrogen and oxygen atoms in total. The molecule has 0 atom stereocenters. The Balaban J connectivity index is 2.42. The second-order valence-electron chi connectivity index (χ2n) is 4.30. The maximum absolute atomic E-state index is 11.2. The van der Waals surface area contributed by atoms with Gasteiger partial charge in [0.25, 0.3) is 0 Å². The second kappa shape index (κ2) is 6.81. The minimum atomic E-state index is 0.0749. The number of nitrogens with two attached hydrogens (primary N) is 1. The number of hydrogen-bond donors (Lipinski definition) is 2. The van der Waals surface area contributed by atoms with Crippen molar-refractivity contribution in [2.75, 3.05) is 20.1 Å². The second-order valence-corrected chi connectivity index (χ2v) is 4.82. The average molecular weight is 243 g/mol. The zero-order valence-electron chi connectivity index (χ0n) is 9.87. The van der Waals surface area contributed by atoms with Crippen LogP contribution in [0.3, 0.4) is 0 Å². The predicted octanol–water partition coefficient (Wildman–Crippen LogP) is 0.653. The summed E-state index contributed by atoms with van der Waals surface area (Å²) >= 11 is 4.95. The van der Waals surface area contributed by atoms with Crippen LogP contribution in [0.4, 0.5) is 0 Å². The van der Waals surface area contributed by atoms with E-state index in [4.69, 9.17) is 18.0 Å². The van der Waals surface area contributed by atoms with E-state index in [-0.39, 0.29) is 5.91 Å². The molecule has 1 saturated carbocycles. The molecule has 0 aromatic rings. The first-order chi connectivity index (χ1) is 7.63. The van der Waals surface area contributed by atoms with Gasteiger partial charge in [0.05, 0.1) is 4.99 Å². The van der Waals surface area contributed by atoms with Crippen LogP contribution in [0.15, 0.2) is 0 Å². The van der Waals surface area contributed by atoms with Crippen LogP contribution in [0.5, 0.6) is 0 Å². The Kier molecular flexibility index (Phi) is 5.69. The average Bonchev–Trinajstić information content (AvgIpc) is 2.76. The van der Waals surface area contributed by atoms with E-state index in [1.165, 1.54) is 25.7 Å². The Morgan fingerprint density at radius 3 is 2.62 bits per heavy atom. The largest absolute Gasteiger partial charge is 0.392 e. The molecule has 1 fully saturated rings. The third kappa shape index (κ3) is 4.45. The first-order valence-electron chi connectivity index (χ1n) is 5.86. The highest BCUT2D eigenvalue weighted by molar-refractivity contribution is 7.80. The smallest absolute Gasteiger partial charge is 0.221 e. The topological polar surface area (TPSA) is 58.4 Å². The van der Waals surface area contributed by atoms with Gasteiger partial charge in [-0.05, 0) is 12.8 Å². The molecule has 1 rings (SSSR count). The Labute approximate surface area is 103 Å². The van der Waals surface area contributed by atoms with Crippen LogP contribution in [0.25, 0.3) is 0 Å². The predicted molar refractivity (Wildman–Crippen MR) is 69.3 cm³/mol. The van der Waals surface area contributed by atoms with Crippen molar-refractivity contribution in [2.45, 2.75) is 38.1 Å². The minimum Gasteiger partial charge on any atom is -0.392 e. The fourth-order valence-corrected chi connectivity index (χ4v) is 2.40. The molecule has 92 valence electrons. The highest BCUT2D eigenvalue weighted by Gasteiger charge is 2.23. The molecule has 0 aromatic heterocycles. The quantitative estimate of drug-likeness (QED) is 0.673. The van der Waals surface area contributed by atoms with Gasteiger partial charge in [0.2, 0.25) is 5.91 Å². The van der Waals surface area contributed by atoms with Gasteiger partial charge in [0.1, 0.15) is 0 Å². The Morgan fingerprint density at radius 2 is 2.12 bits per heavy atom. The van der Waals surface area contributed by atoms with E-state index in [2.05, 4.69) is 10.2 Å². The lowest BCUT2D eigenvalue weighted by atomic mass is 10.2. The third-order valence-electron chi connectivity index (χ3n) is 3.10. The summed E-state index contributed by atoms with van der Waals surface area (Å²) in [5.74, 6) is 0.0749. The van der Waals surface area contributed by atoms with E-state index in [0.29, 0.717) is 24.0 Å². The molecule has 0 aromatic carbocycles. The fourth-order valence-electron chi connectivity index (χ4n) is 2.23. The van der Waals surface area contributed by atoms with E-state index in [1.54, 1.807) is 7.05 Å². The standard InChI is InChI=1S/C11H21N3OS/c1-13-11(15)6-7-14(8-10(12)16)9-4-2-3-5-9/h9H,2-8H2,1H3,(H2,12,16)(H,13,15). The van der Waals surface area contributed by atoms with Crippen LogP contribution < -0.4 is 11.1 Å². The van der Waals surface area contributed by atoms with Gasteiger partial charge in [0.15, 0.2) is 0 Å². The van der Waals surface area contributed by atoms with E-state index in [9.17, 15) is 4.79 Å². The van der Waals surface area contributed by atoms with Gasteiger partial charge in [0, 0.05) is 32.6 Å². The van der Waals surface area contributed by atoms with Gasteiger partial charge < -0.3 is 11.1 Å². The Morgan fingerprint density at radius 1 is 1.50 bits per heavy atom. The third-order valence-corrected chi connectivity index (χ3v) is 3.23. The lowest BCUT2D eigenvalue weighted by Crippen LogP contribution is -2.41. The lowest BCUT2D eigenvalue weighted by Gasteiger charge is -2.27. The van der Waals surface area contributed by atoms with Gasteiger partial charge in [-0.2, -0.15) is 0 Å². The maximum Gasteiger partial charge on any atom is 0.221 e. The van der Waals surface area contributed by atoms with Crippen molar-refractivity contribution in [2.24, 2.45) is 5.73 Å². The number of hydrogen-bond acceptors (Lipinski definition) is 3. The van der Waals surface area contributed by atoms with Gasteiger partial charge in [-0.3, -0.25) is 9.69 Å². The van der Waals surface area contributed by atoms with Crippen molar-refractivity contribution in [1.82, 2.24) is 10.2 Å². The van der Waals surface area contributed by atoms with Crippen LogP contribution >= 0.6 is 12.2 Å². The zero-order valence-corrected chi connectivity index (χ0v) is 10.7. The van der Waals surface area contributed by atoms with Crippen molar-refractivity contribution >= 4 is 23.1 Å². The highest BCUT2D eigenvalue weighted by atomic mass is 32.1. The maximum atomic E-state index is 11.2. The van der Waals surface area contributed by atoms with Crippen LogP contribution in [-0.4, -0.2) is 42.0 Å². The normalized spacial score (nSPS) is 16.6. The van der Waals surface area contributed by atoms with Crippen molar-refractivity contribution < 1.29 is 4.79 Å². The zero-order chi connectivity index (χ0) is 12.0. The molecule has 5 heteroatoms. The Bertz CT molecular complexity index is 252. The van der Waals surface area contributed by atoms with Crippen molar-refractivity contribution in [3.05, 3.63) is 0 Å². The van der Waals surface area contributed by atoms with Gasteiger partial charge in [-0.1, -0.05) is 25.1 Å². The minimum absolute atomic E-state index is 0.0749. The summed E-state index contributed by atoms with van der Waals surface area (Å²) < 4.78 is 0. The van der Waals surface area contributed by atoms with Gasteiger partial charge in [-0.25, -0.2) is 0 Å². The van der Waals surface area contributed by atoms with E-state index < -0.39 is 0 Å². The molecule has 16 heavy (non-hydrogen) atoms. The molecule has 0 radical (unpaired) electrons. The molecule has 0 spiro atoms. The summed E-state index contributed by atoms with van der Waals surface area (Å²) in [5, 5.41) is 2.63.